The summed E-state index contributed by atoms with van der Waals surface area (Å²) in [5.74, 6) is 5.26. The number of hydrogen-bond donors (Lipinski definition) is 1. The molecular weight excluding hydrogens is 354 g/mol. The minimum Gasteiger partial charge on any atom is -0.357 e. The molecule has 29 heavy (non-hydrogen) atoms. The van der Waals surface area contributed by atoms with E-state index in [0.717, 1.165) is 42.1 Å². The van der Waals surface area contributed by atoms with Gasteiger partial charge in [0, 0.05) is 6.54 Å². The number of ether oxygens (including phenoxy) is 1. The highest BCUT2D eigenvalue weighted by Gasteiger charge is 2.65. The zero-order valence-corrected chi connectivity index (χ0v) is 19.3. The lowest BCUT2D eigenvalue weighted by Gasteiger charge is -2.58. The fraction of sp³-hybridized carbons (Fsp3) is 0.926. The first kappa shape index (κ1) is 19.4. The maximum atomic E-state index is 6.92. The lowest BCUT2D eigenvalue weighted by atomic mass is 9.47. The highest BCUT2D eigenvalue weighted by atomic mass is 16.5. The van der Waals surface area contributed by atoms with Crippen LogP contribution < -0.4 is 5.32 Å². The first-order chi connectivity index (χ1) is 13.8. The lowest BCUT2D eigenvalue weighted by molar-refractivity contribution is -0.0955. The van der Waals surface area contributed by atoms with E-state index < -0.39 is 0 Å². The van der Waals surface area contributed by atoms with Gasteiger partial charge in [0.25, 0.3) is 0 Å². The number of nitrogens with one attached hydrogen (secondary N) is 1. The molecule has 4 aliphatic carbocycles. The van der Waals surface area contributed by atoms with Gasteiger partial charge in [-0.1, -0.05) is 39.3 Å². The Hall–Kier alpha value is -0.340. The summed E-state index contributed by atoms with van der Waals surface area (Å²) in [5, 5.41) is 3.86. The van der Waals surface area contributed by atoms with Crippen molar-refractivity contribution in [3.8, 4) is 0 Å². The summed E-state index contributed by atoms with van der Waals surface area (Å²) in [6, 6.07) is 0. The molecule has 2 heterocycles. The minimum absolute atomic E-state index is 0.0256. The second-order valence-corrected chi connectivity index (χ2v) is 12.9. The summed E-state index contributed by atoms with van der Waals surface area (Å²) in [4.78, 5) is 0. The number of allylic oxidation sites excluding steroid dienone is 2. The van der Waals surface area contributed by atoms with Gasteiger partial charge in [-0.2, -0.15) is 0 Å². The zero-order chi connectivity index (χ0) is 20.0. The van der Waals surface area contributed by atoms with Crippen LogP contribution in [-0.4, -0.2) is 18.4 Å². The van der Waals surface area contributed by atoms with E-state index in [-0.39, 0.29) is 5.72 Å². The molecule has 8 unspecified atom stereocenters. The third-order valence-corrected chi connectivity index (χ3v) is 11.3. The van der Waals surface area contributed by atoms with Gasteiger partial charge in [-0.25, -0.2) is 0 Å². The fourth-order valence-electron chi connectivity index (χ4n) is 9.43. The van der Waals surface area contributed by atoms with Crippen molar-refractivity contribution in [3.63, 3.8) is 0 Å². The summed E-state index contributed by atoms with van der Waals surface area (Å²) in [6.07, 6.45) is 17.0. The van der Waals surface area contributed by atoms with Gasteiger partial charge in [0.2, 0.25) is 0 Å². The Kier molecular flexibility index (Phi) is 4.23. The molecule has 3 saturated carbocycles. The molecule has 5 fully saturated rings. The Morgan fingerprint density at radius 2 is 1.79 bits per heavy atom. The van der Waals surface area contributed by atoms with Crippen LogP contribution in [0.15, 0.2) is 11.6 Å². The SMILES string of the molecule is CC1CCC2(CC3C(CC4C5CC=C6CC(C)CC[C@]6(C)C5CC[C@]34C)O2)NC1. The van der Waals surface area contributed by atoms with Gasteiger partial charge in [-0.05, 0) is 111 Å². The molecule has 2 saturated heterocycles. The Balaban J connectivity index is 1.25. The molecule has 0 bridgehead atoms. The highest BCUT2D eigenvalue weighted by Crippen LogP contribution is 2.69. The molecule has 1 spiro atoms. The van der Waals surface area contributed by atoms with E-state index in [9.17, 15) is 0 Å². The molecule has 2 aliphatic heterocycles. The summed E-state index contributed by atoms with van der Waals surface area (Å²) < 4.78 is 6.92. The van der Waals surface area contributed by atoms with E-state index in [0.29, 0.717) is 16.9 Å². The quantitative estimate of drug-likeness (QED) is 0.483. The minimum atomic E-state index is 0.0256. The molecule has 1 N–H and O–H groups in total. The summed E-state index contributed by atoms with van der Waals surface area (Å²) >= 11 is 0. The van der Waals surface area contributed by atoms with E-state index in [1.165, 1.54) is 64.2 Å². The van der Waals surface area contributed by atoms with Gasteiger partial charge in [0.1, 0.15) is 5.72 Å². The van der Waals surface area contributed by atoms with Crippen LogP contribution in [0.1, 0.15) is 91.9 Å². The van der Waals surface area contributed by atoms with Crippen LogP contribution in [0.5, 0.6) is 0 Å². The van der Waals surface area contributed by atoms with E-state index in [1.807, 2.05) is 5.57 Å². The topological polar surface area (TPSA) is 21.3 Å². The predicted molar refractivity (Wildman–Crippen MR) is 118 cm³/mol. The molecule has 162 valence electrons. The average molecular weight is 398 g/mol. The van der Waals surface area contributed by atoms with E-state index in [4.69, 9.17) is 4.74 Å². The molecule has 0 radical (unpaired) electrons. The molecule has 2 nitrogen and oxygen atoms in total. The third kappa shape index (κ3) is 2.67. The molecule has 0 amide bonds. The van der Waals surface area contributed by atoms with Gasteiger partial charge in [0.05, 0.1) is 6.10 Å². The Morgan fingerprint density at radius 3 is 2.59 bits per heavy atom. The first-order valence-corrected chi connectivity index (χ1v) is 13.0. The first-order valence-electron chi connectivity index (χ1n) is 13.0. The van der Waals surface area contributed by atoms with Crippen LogP contribution in [0.4, 0.5) is 0 Å². The number of fused-ring (bicyclic) bond motifs is 7. The summed E-state index contributed by atoms with van der Waals surface area (Å²) in [5.41, 5.74) is 2.90. The lowest BCUT2D eigenvalue weighted by Crippen LogP contribution is -2.53. The van der Waals surface area contributed by atoms with Crippen molar-refractivity contribution in [3.05, 3.63) is 11.6 Å². The molecule has 10 atom stereocenters. The van der Waals surface area contributed by atoms with Crippen LogP contribution >= 0.6 is 0 Å². The molecule has 6 rings (SSSR count). The zero-order valence-electron chi connectivity index (χ0n) is 19.3. The van der Waals surface area contributed by atoms with Crippen molar-refractivity contribution in [1.82, 2.24) is 5.32 Å². The Labute approximate surface area is 178 Å². The normalized spacial score (nSPS) is 58.9. The number of piperidine rings is 1. The standard InChI is InChI=1S/C27H43NO/c1-17-7-10-25(3)19(13-17)5-6-20-21(25)9-11-26(4)22(20)14-24-23(26)15-27(29-24)12-8-18(2)16-28-27/h5,17-18,20-24,28H,6-16H2,1-4H3/t17?,18?,20?,21?,22?,23?,24?,25-,26-,27?/m0/s1. The van der Waals surface area contributed by atoms with Crippen LogP contribution in [0, 0.1) is 46.3 Å². The highest BCUT2D eigenvalue weighted by molar-refractivity contribution is 5.25. The monoisotopic (exact) mass is 397 g/mol. The van der Waals surface area contributed by atoms with Crippen molar-refractivity contribution in [2.75, 3.05) is 6.54 Å². The van der Waals surface area contributed by atoms with Gasteiger partial charge < -0.3 is 4.74 Å². The largest absolute Gasteiger partial charge is 0.357 e. The summed E-state index contributed by atoms with van der Waals surface area (Å²) in [7, 11) is 0. The molecule has 6 aliphatic rings. The second kappa shape index (κ2) is 6.35. The molecule has 0 aromatic carbocycles. The maximum Gasteiger partial charge on any atom is 0.120 e. The van der Waals surface area contributed by atoms with Crippen molar-refractivity contribution in [2.45, 2.75) is 104 Å². The smallest absolute Gasteiger partial charge is 0.120 e. The second-order valence-electron chi connectivity index (χ2n) is 12.9. The molecule has 2 heteroatoms. The maximum absolute atomic E-state index is 6.92. The summed E-state index contributed by atoms with van der Waals surface area (Å²) in [6.45, 7) is 11.3. The third-order valence-electron chi connectivity index (χ3n) is 11.3. The Morgan fingerprint density at radius 1 is 0.966 bits per heavy atom. The number of rotatable bonds is 0. The van der Waals surface area contributed by atoms with Crippen molar-refractivity contribution < 1.29 is 4.74 Å². The predicted octanol–water partition coefficient (Wildman–Crippen LogP) is 6.32. The molecule has 0 aromatic rings. The van der Waals surface area contributed by atoms with Gasteiger partial charge >= 0.3 is 0 Å². The molecule has 0 aromatic heterocycles. The molecular formula is C27H43NO. The van der Waals surface area contributed by atoms with Crippen LogP contribution in [-0.2, 0) is 4.74 Å². The van der Waals surface area contributed by atoms with E-state index >= 15 is 0 Å². The van der Waals surface area contributed by atoms with Crippen LogP contribution in [0.3, 0.4) is 0 Å². The number of hydrogen-bond acceptors (Lipinski definition) is 2. The van der Waals surface area contributed by atoms with Gasteiger partial charge in [-0.3, -0.25) is 5.32 Å². The van der Waals surface area contributed by atoms with Crippen molar-refractivity contribution in [2.24, 2.45) is 46.3 Å². The van der Waals surface area contributed by atoms with Gasteiger partial charge in [-0.15, -0.1) is 0 Å². The van der Waals surface area contributed by atoms with Crippen LogP contribution in [0.25, 0.3) is 0 Å². The Bertz CT molecular complexity index is 705. The van der Waals surface area contributed by atoms with Crippen LogP contribution in [0.2, 0.25) is 0 Å². The van der Waals surface area contributed by atoms with Crippen molar-refractivity contribution in [1.29, 1.82) is 0 Å². The van der Waals surface area contributed by atoms with E-state index in [2.05, 4.69) is 39.1 Å². The van der Waals surface area contributed by atoms with Crippen molar-refractivity contribution >= 4 is 0 Å². The average Bonchev–Trinajstić information content (AvgIpc) is 3.18. The fourth-order valence-corrected chi connectivity index (χ4v) is 9.43. The van der Waals surface area contributed by atoms with Gasteiger partial charge in [0.15, 0.2) is 0 Å². The van der Waals surface area contributed by atoms with E-state index in [1.54, 1.807) is 0 Å².